The number of amides is 1. The van der Waals surface area contributed by atoms with Crippen molar-refractivity contribution < 1.29 is 26.4 Å². The largest absolute Gasteiger partial charge is 0.418 e. The Balaban J connectivity index is 1.86. The van der Waals surface area contributed by atoms with Crippen LogP contribution >= 0.6 is 11.3 Å². The lowest BCUT2D eigenvalue weighted by Crippen LogP contribution is -2.49. The molecule has 0 unspecified atom stereocenters. The molecular formula is C20H21F3N6O3S2. The molecule has 14 heteroatoms. The van der Waals surface area contributed by atoms with E-state index < -0.39 is 33.2 Å². The number of anilines is 1. The predicted molar refractivity (Wildman–Crippen MR) is 126 cm³/mol. The van der Waals surface area contributed by atoms with E-state index in [1.165, 1.54) is 32.2 Å². The molecule has 3 aromatic rings. The molecule has 34 heavy (non-hydrogen) atoms. The van der Waals surface area contributed by atoms with E-state index in [2.05, 4.69) is 43.7 Å². The van der Waals surface area contributed by atoms with Crippen LogP contribution in [0.3, 0.4) is 0 Å². The lowest BCUT2D eigenvalue weighted by Gasteiger charge is -2.26. The smallest absolute Gasteiger partial charge is 0.372 e. The molecule has 0 fully saturated rings. The highest BCUT2D eigenvalue weighted by Gasteiger charge is 2.36. The van der Waals surface area contributed by atoms with Gasteiger partial charge in [0.2, 0.25) is 10.0 Å². The summed E-state index contributed by atoms with van der Waals surface area (Å²) in [6, 6.07) is 0.930. The number of aromatic amines is 1. The van der Waals surface area contributed by atoms with Gasteiger partial charge >= 0.3 is 6.18 Å². The maximum atomic E-state index is 13.6. The van der Waals surface area contributed by atoms with Crippen molar-refractivity contribution in [2.75, 3.05) is 11.6 Å². The zero-order valence-electron chi connectivity index (χ0n) is 18.3. The fraction of sp³-hybridized carbons (Fsp3) is 0.250. The molecule has 182 valence electrons. The molecule has 0 saturated heterocycles. The molecule has 0 bridgehead atoms. The van der Waals surface area contributed by atoms with Crippen LogP contribution < -0.4 is 15.4 Å². The van der Waals surface area contributed by atoms with Crippen molar-refractivity contribution in [1.29, 1.82) is 0 Å². The van der Waals surface area contributed by atoms with Crippen molar-refractivity contribution in [3.05, 3.63) is 54.5 Å². The van der Waals surface area contributed by atoms with Gasteiger partial charge in [0.15, 0.2) is 5.13 Å². The van der Waals surface area contributed by atoms with Gasteiger partial charge in [-0.1, -0.05) is 24.5 Å². The van der Waals surface area contributed by atoms with Crippen LogP contribution in [0, 0.1) is 0 Å². The van der Waals surface area contributed by atoms with Crippen molar-refractivity contribution in [2.24, 2.45) is 0 Å². The monoisotopic (exact) mass is 514 g/mol. The van der Waals surface area contributed by atoms with Gasteiger partial charge in [-0.2, -0.15) is 18.3 Å². The van der Waals surface area contributed by atoms with Crippen LogP contribution in [-0.4, -0.2) is 41.3 Å². The number of carbonyl (C=O) groups excluding carboxylic acids is 1. The minimum atomic E-state index is -4.65. The standard InChI is InChI=1S/C20H21F3N6O3S2/c1-6-11(29-34(5,31)32)7-10(2)27-19(3,4)17(30)26-18-25-15-13(20(21,22)23)8-14-12(9-24-28-14)16(15)33-18/h6-9,27,29H,1-2H2,3-5H3,(H,24,28)(H,25,26,30)/b11-7+. The Hall–Kier alpha value is -3.39. The molecule has 0 aliphatic carbocycles. The number of allylic oxidation sites excluding steroid dienone is 2. The maximum Gasteiger partial charge on any atom is 0.418 e. The van der Waals surface area contributed by atoms with Gasteiger partial charge in [0.25, 0.3) is 5.91 Å². The van der Waals surface area contributed by atoms with E-state index in [1.807, 2.05) is 0 Å². The molecular weight excluding hydrogens is 493 g/mol. The summed E-state index contributed by atoms with van der Waals surface area (Å²) in [5.74, 6) is -0.602. The van der Waals surface area contributed by atoms with Gasteiger partial charge in [-0.05, 0) is 32.1 Å². The number of hydrogen-bond donors (Lipinski definition) is 4. The fourth-order valence-corrected chi connectivity index (χ4v) is 4.60. The van der Waals surface area contributed by atoms with Crippen molar-refractivity contribution in [3.63, 3.8) is 0 Å². The van der Waals surface area contributed by atoms with E-state index >= 15 is 0 Å². The van der Waals surface area contributed by atoms with Gasteiger partial charge in [0.05, 0.1) is 33.7 Å². The van der Waals surface area contributed by atoms with Crippen LogP contribution in [0.5, 0.6) is 0 Å². The molecule has 1 amide bonds. The molecule has 4 N–H and O–H groups in total. The second kappa shape index (κ2) is 8.76. The topological polar surface area (TPSA) is 129 Å². The summed E-state index contributed by atoms with van der Waals surface area (Å²) in [5, 5.41) is 12.1. The predicted octanol–water partition coefficient (Wildman–Crippen LogP) is 3.63. The number of H-pyrrole nitrogens is 1. The molecule has 2 aromatic heterocycles. The summed E-state index contributed by atoms with van der Waals surface area (Å²) in [6.45, 7) is 10.3. The number of nitrogens with one attached hydrogen (secondary N) is 4. The molecule has 0 spiro atoms. The second-order valence-electron chi connectivity index (χ2n) is 7.86. The molecule has 0 radical (unpaired) electrons. The number of sulfonamides is 1. The number of carbonyl (C=O) groups is 1. The number of thiazole rings is 1. The van der Waals surface area contributed by atoms with Gasteiger partial charge in [0, 0.05) is 16.8 Å². The summed E-state index contributed by atoms with van der Waals surface area (Å²) >= 11 is 0.890. The normalized spacial score (nSPS) is 13.2. The van der Waals surface area contributed by atoms with Crippen molar-refractivity contribution in [2.45, 2.75) is 25.6 Å². The van der Waals surface area contributed by atoms with Crippen LogP contribution in [-0.2, 0) is 21.0 Å². The number of fused-ring (bicyclic) bond motifs is 3. The summed E-state index contributed by atoms with van der Waals surface area (Å²) in [5.41, 5.74) is -2.00. The van der Waals surface area contributed by atoms with E-state index in [0.29, 0.717) is 5.39 Å². The Labute approximate surface area is 196 Å². The molecule has 9 nitrogen and oxygen atoms in total. The minimum Gasteiger partial charge on any atom is -0.372 e. The van der Waals surface area contributed by atoms with Crippen LogP contribution in [0.1, 0.15) is 19.4 Å². The van der Waals surface area contributed by atoms with Gasteiger partial charge in [-0.3, -0.25) is 19.9 Å². The number of nitrogens with zero attached hydrogens (tertiary/aromatic N) is 2. The number of aromatic nitrogens is 3. The average molecular weight is 515 g/mol. The zero-order valence-corrected chi connectivity index (χ0v) is 19.9. The third-order valence-corrected chi connectivity index (χ3v) is 6.11. The third-order valence-electron chi connectivity index (χ3n) is 4.50. The van der Waals surface area contributed by atoms with Crippen LogP contribution in [0.4, 0.5) is 18.3 Å². The highest BCUT2D eigenvalue weighted by molar-refractivity contribution is 7.88. The summed E-state index contributed by atoms with van der Waals surface area (Å²) < 4.78 is 66.0. The van der Waals surface area contributed by atoms with Crippen LogP contribution in [0.25, 0.3) is 21.1 Å². The first-order valence-electron chi connectivity index (χ1n) is 9.55. The molecule has 3 rings (SSSR count). The number of benzene rings is 1. The second-order valence-corrected chi connectivity index (χ2v) is 10.6. The number of hydrogen-bond acceptors (Lipinski definition) is 7. The van der Waals surface area contributed by atoms with Crippen molar-refractivity contribution in [3.8, 4) is 0 Å². The first-order valence-corrected chi connectivity index (χ1v) is 12.3. The van der Waals surface area contributed by atoms with E-state index in [1.54, 1.807) is 0 Å². The number of rotatable bonds is 8. The fourth-order valence-electron chi connectivity index (χ4n) is 3.03. The summed E-state index contributed by atoms with van der Waals surface area (Å²) in [6.07, 6.45) is 0.312. The Morgan fingerprint density at radius 2 is 1.97 bits per heavy atom. The third kappa shape index (κ3) is 5.56. The lowest BCUT2D eigenvalue weighted by atomic mass is 10.0. The Morgan fingerprint density at radius 3 is 2.56 bits per heavy atom. The summed E-state index contributed by atoms with van der Waals surface area (Å²) in [4.78, 5) is 16.9. The first kappa shape index (κ1) is 25.2. The zero-order chi connectivity index (χ0) is 25.5. The first-order chi connectivity index (χ1) is 15.6. The van der Waals surface area contributed by atoms with E-state index in [0.717, 1.165) is 23.7 Å². The molecule has 0 aliphatic heterocycles. The Bertz CT molecular complexity index is 1430. The summed E-state index contributed by atoms with van der Waals surface area (Å²) in [7, 11) is -3.55. The van der Waals surface area contributed by atoms with E-state index in [9.17, 15) is 26.4 Å². The van der Waals surface area contributed by atoms with Gasteiger partial charge < -0.3 is 5.32 Å². The van der Waals surface area contributed by atoms with Gasteiger partial charge in [0.1, 0.15) is 5.54 Å². The van der Waals surface area contributed by atoms with Crippen LogP contribution in [0.2, 0.25) is 0 Å². The van der Waals surface area contributed by atoms with Gasteiger partial charge in [-0.25, -0.2) is 13.4 Å². The molecule has 0 saturated carbocycles. The van der Waals surface area contributed by atoms with Crippen LogP contribution in [0.15, 0.2) is 49.0 Å². The molecule has 0 aliphatic rings. The average Bonchev–Trinajstić information content (AvgIpc) is 3.30. The minimum absolute atomic E-state index is 0.0271. The molecule has 0 atom stereocenters. The SMILES string of the molecule is C=C/C(=C\C(=C)NC(C)(C)C(=O)Nc1nc2c(C(F)(F)F)cc3[nH]ncc3c2s1)NS(C)(=O)=O. The lowest BCUT2D eigenvalue weighted by molar-refractivity contribution is -0.136. The Kier molecular flexibility index (Phi) is 6.50. The van der Waals surface area contributed by atoms with E-state index in [4.69, 9.17) is 0 Å². The van der Waals surface area contributed by atoms with Gasteiger partial charge in [-0.15, -0.1) is 0 Å². The van der Waals surface area contributed by atoms with Crippen molar-refractivity contribution >= 4 is 53.5 Å². The number of alkyl halides is 3. The maximum absolute atomic E-state index is 13.6. The molecule has 2 heterocycles. The van der Waals surface area contributed by atoms with Crippen molar-refractivity contribution in [1.82, 2.24) is 25.2 Å². The highest BCUT2D eigenvalue weighted by Crippen LogP contribution is 2.41. The Morgan fingerprint density at radius 1 is 1.29 bits per heavy atom. The number of halogens is 3. The quantitative estimate of drug-likeness (QED) is 0.340. The molecule has 1 aromatic carbocycles. The highest BCUT2D eigenvalue weighted by atomic mass is 32.2. The van der Waals surface area contributed by atoms with E-state index in [-0.39, 0.29) is 32.3 Å².